The summed E-state index contributed by atoms with van der Waals surface area (Å²) in [5.74, 6) is -0.545. The molecule has 1 heterocycles. The fraction of sp³-hybridized carbons (Fsp3) is 0.846. The van der Waals surface area contributed by atoms with Crippen molar-refractivity contribution in [2.24, 2.45) is 0 Å². The molecule has 0 aromatic rings. The Morgan fingerprint density at radius 2 is 2.17 bits per heavy atom. The number of esters is 1. The lowest BCUT2D eigenvalue weighted by atomic mass is 10.1. The molecule has 18 heavy (non-hydrogen) atoms. The first kappa shape index (κ1) is 15.1. The van der Waals surface area contributed by atoms with Gasteiger partial charge in [0.05, 0.1) is 19.3 Å². The van der Waals surface area contributed by atoms with Gasteiger partial charge in [-0.3, -0.25) is 14.5 Å². The number of hydrogen-bond acceptors (Lipinski definition) is 5. The molecule has 0 saturated carbocycles. The Morgan fingerprint density at radius 1 is 1.39 bits per heavy atom. The van der Waals surface area contributed by atoms with E-state index in [1.807, 2.05) is 11.9 Å². The van der Waals surface area contributed by atoms with E-state index in [4.69, 9.17) is 9.47 Å². The molecule has 0 aromatic heterocycles. The van der Waals surface area contributed by atoms with Crippen molar-refractivity contribution >= 4 is 11.8 Å². The van der Waals surface area contributed by atoms with Crippen LogP contribution in [0.4, 0.5) is 0 Å². The summed E-state index contributed by atoms with van der Waals surface area (Å²) in [4.78, 5) is 24.6. The van der Waals surface area contributed by atoms with Gasteiger partial charge in [0.15, 0.2) is 5.78 Å². The summed E-state index contributed by atoms with van der Waals surface area (Å²) in [6, 6.07) is 0. The molecule has 0 N–H and O–H groups in total. The van der Waals surface area contributed by atoms with Gasteiger partial charge in [-0.05, 0) is 33.2 Å². The van der Waals surface area contributed by atoms with Crippen LogP contribution in [0.15, 0.2) is 0 Å². The number of hydrogen-bond donors (Lipinski definition) is 0. The van der Waals surface area contributed by atoms with E-state index in [0.29, 0.717) is 6.61 Å². The highest BCUT2D eigenvalue weighted by Gasteiger charge is 2.18. The van der Waals surface area contributed by atoms with Crippen LogP contribution in [0.1, 0.15) is 32.6 Å². The molecule has 1 rings (SSSR count). The molecule has 0 aromatic carbocycles. The second kappa shape index (κ2) is 8.21. The van der Waals surface area contributed by atoms with Crippen molar-refractivity contribution in [3.63, 3.8) is 0 Å². The highest BCUT2D eigenvalue weighted by molar-refractivity contribution is 5.96. The second-order valence-electron chi connectivity index (χ2n) is 4.71. The molecule has 0 amide bonds. The van der Waals surface area contributed by atoms with E-state index in [1.54, 1.807) is 6.92 Å². The number of ketones is 1. The molecule has 1 atom stereocenters. The molecule has 1 saturated heterocycles. The minimum Gasteiger partial charge on any atom is -0.466 e. The first-order chi connectivity index (χ1) is 8.61. The third kappa shape index (κ3) is 6.12. The van der Waals surface area contributed by atoms with Crippen LogP contribution in [0.2, 0.25) is 0 Å². The van der Waals surface area contributed by atoms with Gasteiger partial charge in [-0.1, -0.05) is 0 Å². The highest BCUT2D eigenvalue weighted by Crippen LogP contribution is 2.13. The van der Waals surface area contributed by atoms with Gasteiger partial charge in [-0.25, -0.2) is 0 Å². The van der Waals surface area contributed by atoms with Crippen molar-refractivity contribution in [3.05, 3.63) is 0 Å². The summed E-state index contributed by atoms with van der Waals surface area (Å²) in [5, 5.41) is 0. The molecule has 1 aliphatic rings. The normalized spacial score (nSPS) is 19.8. The average molecular weight is 257 g/mol. The van der Waals surface area contributed by atoms with Crippen molar-refractivity contribution in [3.8, 4) is 0 Å². The number of Topliss-reactive ketones (excluding diaryl/α,β-unsaturated/α-hetero) is 1. The Morgan fingerprint density at radius 3 is 2.78 bits per heavy atom. The van der Waals surface area contributed by atoms with Gasteiger partial charge in [0.1, 0.15) is 6.42 Å². The Kier molecular flexibility index (Phi) is 6.90. The maximum atomic E-state index is 11.6. The van der Waals surface area contributed by atoms with Crippen LogP contribution in [0.25, 0.3) is 0 Å². The quantitative estimate of drug-likeness (QED) is 0.503. The zero-order valence-electron chi connectivity index (χ0n) is 11.3. The summed E-state index contributed by atoms with van der Waals surface area (Å²) in [6.45, 7) is 3.88. The van der Waals surface area contributed by atoms with Gasteiger partial charge < -0.3 is 9.47 Å². The number of nitrogens with zero attached hydrogens (tertiary/aromatic N) is 1. The molecule has 1 unspecified atom stereocenters. The number of carbonyl (C=O) groups excluding carboxylic acids is 2. The van der Waals surface area contributed by atoms with E-state index < -0.39 is 5.97 Å². The standard InChI is InChI=1S/C13H23NO4/c1-3-17-13(16)8-11(15)9-14(2)10-12-6-4-5-7-18-12/h12H,3-10H2,1-2H3. The van der Waals surface area contributed by atoms with Crippen molar-refractivity contribution in [1.29, 1.82) is 0 Å². The molecule has 0 bridgehead atoms. The third-order valence-corrected chi connectivity index (χ3v) is 2.88. The lowest BCUT2D eigenvalue weighted by molar-refractivity contribution is -0.145. The molecule has 104 valence electrons. The van der Waals surface area contributed by atoms with Crippen LogP contribution >= 0.6 is 0 Å². The fourth-order valence-corrected chi connectivity index (χ4v) is 2.09. The molecule has 0 aliphatic carbocycles. The van der Waals surface area contributed by atoms with Crippen LogP contribution in [0.3, 0.4) is 0 Å². The number of rotatable bonds is 7. The van der Waals surface area contributed by atoms with Crippen LogP contribution in [-0.2, 0) is 19.1 Å². The number of likely N-dealkylation sites (N-methyl/N-ethyl adjacent to an activating group) is 1. The lowest BCUT2D eigenvalue weighted by Gasteiger charge is -2.26. The van der Waals surface area contributed by atoms with Gasteiger partial charge >= 0.3 is 5.97 Å². The van der Waals surface area contributed by atoms with E-state index in [0.717, 1.165) is 26.0 Å². The Labute approximate surface area is 108 Å². The molecular formula is C13H23NO4. The zero-order valence-corrected chi connectivity index (χ0v) is 11.3. The SMILES string of the molecule is CCOC(=O)CC(=O)CN(C)CC1CCCCO1. The van der Waals surface area contributed by atoms with Crippen molar-refractivity contribution in [1.82, 2.24) is 4.90 Å². The predicted octanol–water partition coefficient (Wildman–Crippen LogP) is 1.01. The van der Waals surface area contributed by atoms with E-state index in [-0.39, 0.29) is 24.9 Å². The van der Waals surface area contributed by atoms with E-state index in [1.165, 1.54) is 6.42 Å². The predicted molar refractivity (Wildman–Crippen MR) is 67.3 cm³/mol. The maximum Gasteiger partial charge on any atom is 0.313 e. The molecule has 5 nitrogen and oxygen atoms in total. The van der Waals surface area contributed by atoms with E-state index in [9.17, 15) is 9.59 Å². The summed E-state index contributed by atoms with van der Waals surface area (Å²) in [5.41, 5.74) is 0. The van der Waals surface area contributed by atoms with Crippen molar-refractivity contribution in [2.75, 3.05) is 33.4 Å². The van der Waals surface area contributed by atoms with Crippen LogP contribution < -0.4 is 0 Å². The Bertz CT molecular complexity index is 274. The minimum absolute atomic E-state index is 0.105. The van der Waals surface area contributed by atoms with E-state index >= 15 is 0 Å². The third-order valence-electron chi connectivity index (χ3n) is 2.88. The monoisotopic (exact) mass is 257 g/mol. The summed E-state index contributed by atoms with van der Waals surface area (Å²) in [6.07, 6.45) is 3.45. The van der Waals surface area contributed by atoms with Gasteiger partial charge in [-0.15, -0.1) is 0 Å². The summed E-state index contributed by atoms with van der Waals surface area (Å²) >= 11 is 0. The number of carbonyl (C=O) groups is 2. The maximum absolute atomic E-state index is 11.6. The Hall–Kier alpha value is -0.940. The highest BCUT2D eigenvalue weighted by atomic mass is 16.5. The summed E-state index contributed by atoms with van der Waals surface area (Å²) in [7, 11) is 1.88. The molecule has 1 fully saturated rings. The average Bonchev–Trinajstić information content (AvgIpc) is 2.29. The number of ether oxygens (including phenoxy) is 2. The van der Waals surface area contributed by atoms with Gasteiger partial charge in [-0.2, -0.15) is 0 Å². The molecule has 0 radical (unpaired) electrons. The van der Waals surface area contributed by atoms with Crippen LogP contribution in [-0.4, -0.2) is 56.1 Å². The van der Waals surface area contributed by atoms with E-state index in [2.05, 4.69) is 0 Å². The van der Waals surface area contributed by atoms with Crippen molar-refractivity contribution in [2.45, 2.75) is 38.7 Å². The summed E-state index contributed by atoms with van der Waals surface area (Å²) < 4.78 is 10.3. The van der Waals surface area contributed by atoms with Crippen molar-refractivity contribution < 1.29 is 19.1 Å². The fourth-order valence-electron chi connectivity index (χ4n) is 2.09. The first-order valence-electron chi connectivity index (χ1n) is 6.59. The second-order valence-corrected chi connectivity index (χ2v) is 4.71. The smallest absolute Gasteiger partial charge is 0.313 e. The largest absolute Gasteiger partial charge is 0.466 e. The topological polar surface area (TPSA) is 55.8 Å². The Balaban J connectivity index is 2.19. The minimum atomic E-state index is -0.440. The molecule has 5 heteroatoms. The van der Waals surface area contributed by atoms with Gasteiger partial charge in [0.25, 0.3) is 0 Å². The van der Waals surface area contributed by atoms with Gasteiger partial charge in [0.2, 0.25) is 0 Å². The molecular weight excluding hydrogens is 234 g/mol. The molecule has 1 aliphatic heterocycles. The van der Waals surface area contributed by atoms with Crippen LogP contribution in [0, 0.1) is 0 Å². The van der Waals surface area contributed by atoms with Gasteiger partial charge in [0, 0.05) is 13.2 Å². The first-order valence-corrected chi connectivity index (χ1v) is 6.59. The lowest BCUT2D eigenvalue weighted by Crippen LogP contribution is -2.36. The van der Waals surface area contributed by atoms with Crippen LogP contribution in [0.5, 0.6) is 0 Å². The zero-order chi connectivity index (χ0) is 13.4. The molecule has 0 spiro atoms.